The van der Waals surface area contributed by atoms with Crippen LogP contribution in [0.5, 0.6) is 0 Å². The minimum Gasteiger partial charge on any atom is -0.390 e. The van der Waals surface area contributed by atoms with Gasteiger partial charge >= 0.3 is 5.95 Å². The number of nitro groups is 1. The van der Waals surface area contributed by atoms with Gasteiger partial charge in [-0.2, -0.15) is 0 Å². The summed E-state index contributed by atoms with van der Waals surface area (Å²) in [5.41, 5.74) is 3.12. The summed E-state index contributed by atoms with van der Waals surface area (Å²) in [6.07, 6.45) is 5.85. The summed E-state index contributed by atoms with van der Waals surface area (Å²) < 4.78 is 3.29. The van der Waals surface area contributed by atoms with Crippen LogP contribution in [0.25, 0.3) is 11.3 Å². The number of hydrogen-bond donors (Lipinski definition) is 4. The predicted octanol–water partition coefficient (Wildman–Crippen LogP) is 3.30. The third kappa shape index (κ3) is 6.78. The molecule has 0 bridgehead atoms. The van der Waals surface area contributed by atoms with Crippen molar-refractivity contribution in [2.45, 2.75) is 25.8 Å². The molecule has 1 aliphatic rings. The van der Waals surface area contributed by atoms with Crippen molar-refractivity contribution in [2.75, 3.05) is 23.6 Å². The minimum absolute atomic E-state index is 0.0870. The van der Waals surface area contributed by atoms with E-state index in [2.05, 4.69) is 30.3 Å². The Morgan fingerprint density at radius 2 is 1.85 bits per heavy atom. The molecule has 1 saturated heterocycles. The number of aromatic nitrogens is 3. The maximum Gasteiger partial charge on any atom is 0.432 e. The standard InChI is InChI=1S/C23H27N7O3S/c31-22(11-18-3-6-21(25-13-18)29-34-15-17-7-9-24-10-8-17)26-12-16-1-4-19(5-2-16)20-14-27-23(28-20)30(32)33/h1-6,13-14,17,24H,7-12,15H2,(H,25,29)(H,26,31)(H,27,28). The largest absolute Gasteiger partial charge is 0.432 e. The number of amides is 1. The molecular weight excluding hydrogens is 454 g/mol. The number of piperidine rings is 1. The fraction of sp³-hybridized carbons (Fsp3) is 0.348. The summed E-state index contributed by atoms with van der Waals surface area (Å²) >= 11 is 1.69. The van der Waals surface area contributed by atoms with Crippen LogP contribution in [0.4, 0.5) is 11.8 Å². The van der Waals surface area contributed by atoms with Crippen molar-refractivity contribution in [1.82, 2.24) is 25.6 Å². The molecule has 0 atom stereocenters. The van der Waals surface area contributed by atoms with Gasteiger partial charge < -0.3 is 25.5 Å². The Morgan fingerprint density at radius 3 is 2.53 bits per heavy atom. The van der Waals surface area contributed by atoms with Crippen LogP contribution < -0.4 is 15.4 Å². The van der Waals surface area contributed by atoms with E-state index in [0.29, 0.717) is 12.2 Å². The molecule has 0 radical (unpaired) electrons. The van der Waals surface area contributed by atoms with Crippen LogP contribution in [0.3, 0.4) is 0 Å². The first-order valence-corrected chi connectivity index (χ1v) is 12.1. The molecule has 3 heterocycles. The highest BCUT2D eigenvalue weighted by atomic mass is 32.2. The van der Waals surface area contributed by atoms with Crippen LogP contribution in [0.2, 0.25) is 0 Å². The second-order valence-electron chi connectivity index (χ2n) is 8.19. The molecular formula is C23H27N7O3S. The van der Waals surface area contributed by atoms with Crippen molar-refractivity contribution < 1.29 is 9.72 Å². The Balaban J connectivity index is 1.19. The van der Waals surface area contributed by atoms with E-state index in [0.717, 1.165) is 47.3 Å². The number of imidazole rings is 1. The molecule has 34 heavy (non-hydrogen) atoms. The molecule has 3 aromatic rings. The summed E-state index contributed by atoms with van der Waals surface area (Å²) in [5.74, 6) is 2.23. The number of H-pyrrole nitrogens is 1. The lowest BCUT2D eigenvalue weighted by Gasteiger charge is -2.21. The van der Waals surface area contributed by atoms with Gasteiger partial charge in [-0.05, 0) is 54.0 Å². The summed E-state index contributed by atoms with van der Waals surface area (Å²) in [7, 11) is 0. The van der Waals surface area contributed by atoms with E-state index in [4.69, 9.17) is 0 Å². The molecule has 10 nitrogen and oxygen atoms in total. The van der Waals surface area contributed by atoms with Gasteiger partial charge in [-0.1, -0.05) is 47.3 Å². The fourth-order valence-corrected chi connectivity index (χ4v) is 4.59. The number of benzene rings is 1. The summed E-state index contributed by atoms with van der Waals surface area (Å²) in [6, 6.07) is 11.2. The van der Waals surface area contributed by atoms with Gasteiger partial charge in [-0.15, -0.1) is 0 Å². The normalized spacial score (nSPS) is 14.0. The van der Waals surface area contributed by atoms with Gasteiger partial charge in [-0.3, -0.25) is 4.79 Å². The van der Waals surface area contributed by atoms with E-state index < -0.39 is 4.92 Å². The summed E-state index contributed by atoms with van der Waals surface area (Å²) in [4.78, 5) is 33.3. The molecule has 4 N–H and O–H groups in total. The number of pyridine rings is 1. The van der Waals surface area contributed by atoms with Gasteiger partial charge in [0.1, 0.15) is 17.7 Å². The van der Waals surface area contributed by atoms with E-state index >= 15 is 0 Å². The Labute approximate surface area is 201 Å². The average molecular weight is 482 g/mol. The first-order valence-electron chi connectivity index (χ1n) is 11.2. The first kappa shape index (κ1) is 23.7. The van der Waals surface area contributed by atoms with Crippen LogP contribution in [0, 0.1) is 16.0 Å². The molecule has 0 spiro atoms. The molecule has 1 amide bonds. The van der Waals surface area contributed by atoms with Crippen molar-refractivity contribution in [2.24, 2.45) is 5.92 Å². The Kier molecular flexibility index (Phi) is 8.10. The fourth-order valence-electron chi connectivity index (χ4n) is 3.67. The quantitative estimate of drug-likeness (QED) is 0.197. The maximum absolute atomic E-state index is 12.3. The maximum atomic E-state index is 12.3. The predicted molar refractivity (Wildman–Crippen MR) is 132 cm³/mol. The highest BCUT2D eigenvalue weighted by Crippen LogP contribution is 2.21. The lowest BCUT2D eigenvalue weighted by Crippen LogP contribution is -2.28. The highest BCUT2D eigenvalue weighted by molar-refractivity contribution is 8.00. The van der Waals surface area contributed by atoms with E-state index in [1.165, 1.54) is 19.0 Å². The van der Waals surface area contributed by atoms with Gasteiger partial charge in [0, 0.05) is 24.1 Å². The number of aromatic amines is 1. The van der Waals surface area contributed by atoms with E-state index in [1.54, 1.807) is 18.1 Å². The zero-order valence-electron chi connectivity index (χ0n) is 18.6. The molecule has 178 valence electrons. The van der Waals surface area contributed by atoms with Crippen molar-refractivity contribution in [1.29, 1.82) is 0 Å². The van der Waals surface area contributed by atoms with Crippen LogP contribution in [0.1, 0.15) is 24.0 Å². The molecule has 4 rings (SSSR count). The lowest BCUT2D eigenvalue weighted by atomic mass is 10.0. The van der Waals surface area contributed by atoms with E-state index in [-0.39, 0.29) is 18.3 Å². The Bertz CT molecular complexity index is 1100. The van der Waals surface area contributed by atoms with Crippen molar-refractivity contribution in [3.05, 3.63) is 70.0 Å². The van der Waals surface area contributed by atoms with Crippen LogP contribution in [-0.4, -0.2) is 44.6 Å². The van der Waals surface area contributed by atoms with Gasteiger partial charge in [0.15, 0.2) is 0 Å². The lowest BCUT2D eigenvalue weighted by molar-refractivity contribution is -0.393. The molecule has 2 aromatic heterocycles. The molecule has 1 aromatic carbocycles. The molecule has 0 saturated carbocycles. The number of carbonyl (C=O) groups is 1. The number of anilines is 1. The van der Waals surface area contributed by atoms with Crippen molar-refractivity contribution >= 4 is 29.6 Å². The van der Waals surface area contributed by atoms with Crippen LogP contribution in [0.15, 0.2) is 48.8 Å². The molecule has 0 unspecified atom stereocenters. The van der Waals surface area contributed by atoms with Gasteiger partial charge in [-0.25, -0.2) is 9.97 Å². The average Bonchev–Trinajstić information content (AvgIpc) is 3.36. The highest BCUT2D eigenvalue weighted by Gasteiger charge is 2.14. The monoisotopic (exact) mass is 481 g/mol. The topological polar surface area (TPSA) is 138 Å². The Morgan fingerprint density at radius 1 is 1.09 bits per heavy atom. The second-order valence-corrected chi connectivity index (χ2v) is 9.01. The van der Waals surface area contributed by atoms with Crippen LogP contribution in [-0.2, 0) is 17.8 Å². The molecule has 1 fully saturated rings. The number of carbonyl (C=O) groups excluding carboxylic acids is 1. The van der Waals surface area contributed by atoms with Gasteiger partial charge in [0.05, 0.1) is 6.42 Å². The zero-order chi connectivity index (χ0) is 23.8. The van der Waals surface area contributed by atoms with E-state index in [1.807, 2.05) is 36.4 Å². The minimum atomic E-state index is -0.567. The number of nitrogens with zero attached hydrogens (tertiary/aromatic N) is 3. The first-order chi connectivity index (χ1) is 16.6. The summed E-state index contributed by atoms with van der Waals surface area (Å²) in [6.45, 7) is 2.59. The SMILES string of the molecule is O=C(Cc1ccc(NSCC2CCNCC2)nc1)NCc1ccc(-c2cnc([N+](=O)[O-])[nH]2)cc1. The van der Waals surface area contributed by atoms with Crippen LogP contribution >= 0.6 is 11.9 Å². The Hall–Kier alpha value is -3.44. The zero-order valence-corrected chi connectivity index (χ0v) is 19.4. The van der Waals surface area contributed by atoms with Gasteiger partial charge in [0.2, 0.25) is 5.91 Å². The molecule has 1 aliphatic heterocycles. The third-order valence-corrected chi connectivity index (χ3v) is 6.63. The second kappa shape index (κ2) is 11.6. The summed E-state index contributed by atoms with van der Waals surface area (Å²) in [5, 5.41) is 17.0. The third-order valence-electron chi connectivity index (χ3n) is 5.63. The van der Waals surface area contributed by atoms with Crippen molar-refractivity contribution in [3.8, 4) is 11.3 Å². The molecule has 11 heteroatoms. The number of hydrogen-bond acceptors (Lipinski definition) is 8. The van der Waals surface area contributed by atoms with E-state index in [9.17, 15) is 14.9 Å². The smallest absolute Gasteiger partial charge is 0.390 e. The number of rotatable bonds is 10. The van der Waals surface area contributed by atoms with Gasteiger partial charge in [0.25, 0.3) is 0 Å². The number of nitrogens with one attached hydrogen (secondary N) is 4. The molecule has 0 aliphatic carbocycles. The van der Waals surface area contributed by atoms with Crippen molar-refractivity contribution in [3.63, 3.8) is 0 Å².